The van der Waals surface area contributed by atoms with E-state index in [2.05, 4.69) is 75.8 Å². The Hall–Kier alpha value is -1.35. The van der Waals surface area contributed by atoms with Gasteiger partial charge in [-0.15, -0.1) is 0 Å². The summed E-state index contributed by atoms with van der Waals surface area (Å²) in [6.45, 7) is 15.2. The molecule has 21 heavy (non-hydrogen) atoms. The molecule has 1 aromatic carbocycles. The summed E-state index contributed by atoms with van der Waals surface area (Å²) < 4.78 is 2.17. The first-order valence-electron chi connectivity index (χ1n) is 7.85. The predicted molar refractivity (Wildman–Crippen MR) is 90.4 cm³/mol. The molecular weight excluding hydrogens is 258 g/mol. The van der Waals surface area contributed by atoms with Gasteiger partial charge in [-0.05, 0) is 38.7 Å². The summed E-state index contributed by atoms with van der Waals surface area (Å²) in [7, 11) is 0. The fourth-order valence-electron chi connectivity index (χ4n) is 2.29. The molecule has 0 spiro atoms. The van der Waals surface area contributed by atoms with E-state index in [1.807, 2.05) is 0 Å². The van der Waals surface area contributed by atoms with Crippen LogP contribution in [0.15, 0.2) is 24.3 Å². The minimum Gasteiger partial charge on any atom is -0.306 e. The van der Waals surface area contributed by atoms with Crippen LogP contribution in [0, 0.1) is 5.41 Å². The van der Waals surface area contributed by atoms with Crippen LogP contribution in [0.3, 0.4) is 0 Å². The van der Waals surface area contributed by atoms with Crippen molar-refractivity contribution in [3.05, 3.63) is 30.0 Å². The van der Waals surface area contributed by atoms with Crippen molar-refractivity contribution in [2.45, 2.75) is 66.6 Å². The number of aryl methyl sites for hydroxylation is 1. The zero-order valence-corrected chi connectivity index (χ0v) is 14.3. The largest absolute Gasteiger partial charge is 0.306 e. The summed E-state index contributed by atoms with van der Waals surface area (Å²) >= 11 is 0. The SMILES string of the molecule is CC(C)(C)CCn1nc(CNC(C)(C)C)c2ccccc21. The van der Waals surface area contributed by atoms with E-state index in [1.54, 1.807) is 0 Å². The monoisotopic (exact) mass is 287 g/mol. The van der Waals surface area contributed by atoms with Crippen LogP contribution < -0.4 is 5.32 Å². The molecule has 0 radical (unpaired) electrons. The van der Waals surface area contributed by atoms with Crippen molar-refractivity contribution in [1.82, 2.24) is 15.1 Å². The van der Waals surface area contributed by atoms with Gasteiger partial charge in [0.2, 0.25) is 0 Å². The second-order valence-corrected chi connectivity index (χ2v) is 8.10. The number of benzene rings is 1. The molecule has 1 N–H and O–H groups in total. The van der Waals surface area contributed by atoms with Gasteiger partial charge in [-0.25, -0.2) is 0 Å². The molecule has 1 aromatic heterocycles. The zero-order chi connectivity index (χ0) is 15.7. The Balaban J connectivity index is 2.26. The fourth-order valence-corrected chi connectivity index (χ4v) is 2.29. The molecule has 2 aromatic rings. The third-order valence-corrected chi connectivity index (χ3v) is 3.59. The van der Waals surface area contributed by atoms with Crippen LogP contribution in [-0.2, 0) is 13.1 Å². The fraction of sp³-hybridized carbons (Fsp3) is 0.611. The van der Waals surface area contributed by atoms with Gasteiger partial charge in [0.05, 0.1) is 11.2 Å². The van der Waals surface area contributed by atoms with Crippen molar-refractivity contribution in [1.29, 1.82) is 0 Å². The maximum atomic E-state index is 4.85. The Morgan fingerprint density at radius 3 is 2.33 bits per heavy atom. The summed E-state index contributed by atoms with van der Waals surface area (Å²) in [6, 6.07) is 8.54. The van der Waals surface area contributed by atoms with Crippen LogP contribution in [0.25, 0.3) is 10.9 Å². The third kappa shape index (κ3) is 4.57. The lowest BCUT2D eigenvalue weighted by Gasteiger charge is -2.19. The van der Waals surface area contributed by atoms with Crippen molar-refractivity contribution in [3.63, 3.8) is 0 Å². The highest BCUT2D eigenvalue weighted by Crippen LogP contribution is 2.23. The van der Waals surface area contributed by atoms with Gasteiger partial charge in [0.1, 0.15) is 0 Å². The molecule has 0 amide bonds. The third-order valence-electron chi connectivity index (χ3n) is 3.59. The van der Waals surface area contributed by atoms with Crippen LogP contribution in [-0.4, -0.2) is 15.3 Å². The Bertz CT molecular complexity index is 545. The predicted octanol–water partition coefficient (Wildman–Crippen LogP) is 4.36. The molecule has 116 valence electrons. The zero-order valence-electron chi connectivity index (χ0n) is 14.3. The van der Waals surface area contributed by atoms with E-state index in [0.717, 1.165) is 25.2 Å². The lowest BCUT2D eigenvalue weighted by molar-refractivity contribution is 0.343. The highest BCUT2D eigenvalue weighted by Gasteiger charge is 2.16. The number of rotatable bonds is 4. The topological polar surface area (TPSA) is 29.9 Å². The summed E-state index contributed by atoms with van der Waals surface area (Å²) in [4.78, 5) is 0. The van der Waals surface area contributed by atoms with Gasteiger partial charge in [-0.2, -0.15) is 5.10 Å². The van der Waals surface area contributed by atoms with E-state index in [1.165, 1.54) is 10.9 Å². The molecule has 0 unspecified atom stereocenters. The highest BCUT2D eigenvalue weighted by molar-refractivity contribution is 5.81. The van der Waals surface area contributed by atoms with Crippen molar-refractivity contribution in [2.24, 2.45) is 5.41 Å². The maximum Gasteiger partial charge on any atom is 0.0841 e. The average molecular weight is 287 g/mol. The number of nitrogens with one attached hydrogen (secondary N) is 1. The first-order valence-corrected chi connectivity index (χ1v) is 7.85. The number of hydrogen-bond acceptors (Lipinski definition) is 2. The van der Waals surface area contributed by atoms with Gasteiger partial charge >= 0.3 is 0 Å². The molecule has 0 bridgehead atoms. The maximum absolute atomic E-state index is 4.85. The lowest BCUT2D eigenvalue weighted by atomic mass is 9.92. The molecule has 0 saturated heterocycles. The molecule has 1 heterocycles. The van der Waals surface area contributed by atoms with Crippen LogP contribution >= 0.6 is 0 Å². The highest BCUT2D eigenvalue weighted by atomic mass is 15.3. The number of nitrogens with zero attached hydrogens (tertiary/aromatic N) is 2. The Morgan fingerprint density at radius 1 is 1.05 bits per heavy atom. The minimum absolute atomic E-state index is 0.107. The summed E-state index contributed by atoms with van der Waals surface area (Å²) in [5.41, 5.74) is 2.83. The molecule has 0 saturated carbocycles. The van der Waals surface area contributed by atoms with Gasteiger partial charge in [0.25, 0.3) is 0 Å². The van der Waals surface area contributed by atoms with E-state index in [4.69, 9.17) is 5.10 Å². The number of aromatic nitrogens is 2. The Labute approximate surface area is 128 Å². The normalized spacial score (nSPS) is 13.0. The van der Waals surface area contributed by atoms with Gasteiger partial charge in [-0.1, -0.05) is 39.0 Å². The quantitative estimate of drug-likeness (QED) is 0.905. The molecule has 3 nitrogen and oxygen atoms in total. The minimum atomic E-state index is 0.107. The van der Waals surface area contributed by atoms with E-state index < -0.39 is 0 Å². The number of hydrogen-bond donors (Lipinski definition) is 1. The molecule has 3 heteroatoms. The number of para-hydroxylation sites is 1. The standard InChI is InChI=1S/C18H29N3/c1-17(2,3)11-12-21-16-10-8-7-9-14(16)15(20-21)13-19-18(4,5)6/h7-10,19H,11-13H2,1-6H3. The molecule has 0 aliphatic carbocycles. The smallest absolute Gasteiger partial charge is 0.0841 e. The average Bonchev–Trinajstić information content (AvgIpc) is 2.71. The molecule has 2 rings (SSSR count). The summed E-state index contributed by atoms with van der Waals surface area (Å²) in [6.07, 6.45) is 1.13. The van der Waals surface area contributed by atoms with Crippen LogP contribution in [0.4, 0.5) is 0 Å². The molecule has 0 fully saturated rings. The second-order valence-electron chi connectivity index (χ2n) is 8.10. The van der Waals surface area contributed by atoms with Crippen molar-refractivity contribution in [2.75, 3.05) is 0 Å². The van der Waals surface area contributed by atoms with Crippen molar-refractivity contribution >= 4 is 10.9 Å². The first-order chi connectivity index (χ1) is 9.66. The Morgan fingerprint density at radius 2 is 1.71 bits per heavy atom. The van der Waals surface area contributed by atoms with Crippen LogP contribution in [0.1, 0.15) is 53.7 Å². The molecule has 0 atom stereocenters. The van der Waals surface area contributed by atoms with Gasteiger partial charge in [0, 0.05) is 24.0 Å². The van der Waals surface area contributed by atoms with E-state index in [0.29, 0.717) is 5.41 Å². The second kappa shape index (κ2) is 5.80. The summed E-state index contributed by atoms with van der Waals surface area (Å²) in [5, 5.41) is 9.66. The van der Waals surface area contributed by atoms with E-state index >= 15 is 0 Å². The first kappa shape index (κ1) is 16.0. The molecular formula is C18H29N3. The van der Waals surface area contributed by atoms with Crippen molar-refractivity contribution < 1.29 is 0 Å². The van der Waals surface area contributed by atoms with E-state index in [9.17, 15) is 0 Å². The number of fused-ring (bicyclic) bond motifs is 1. The lowest BCUT2D eigenvalue weighted by Crippen LogP contribution is -2.35. The van der Waals surface area contributed by atoms with Gasteiger partial charge in [-0.3, -0.25) is 4.68 Å². The summed E-state index contributed by atoms with van der Waals surface area (Å²) in [5.74, 6) is 0. The van der Waals surface area contributed by atoms with Gasteiger partial charge < -0.3 is 5.32 Å². The molecule has 0 aliphatic rings. The van der Waals surface area contributed by atoms with Crippen LogP contribution in [0.2, 0.25) is 0 Å². The molecule has 0 aliphatic heterocycles. The van der Waals surface area contributed by atoms with Crippen LogP contribution in [0.5, 0.6) is 0 Å². The van der Waals surface area contributed by atoms with Gasteiger partial charge in [0.15, 0.2) is 0 Å². The van der Waals surface area contributed by atoms with Crippen molar-refractivity contribution in [3.8, 4) is 0 Å². The Kier molecular flexibility index (Phi) is 4.43. The van der Waals surface area contributed by atoms with E-state index in [-0.39, 0.29) is 5.54 Å².